The normalized spacial score (nSPS) is 18.5. The van der Waals surface area contributed by atoms with Gasteiger partial charge in [0.15, 0.2) is 0 Å². The minimum Gasteiger partial charge on any atom is -0.299 e. The lowest BCUT2D eigenvalue weighted by Crippen LogP contribution is -2.38. The fourth-order valence-electron chi connectivity index (χ4n) is 2.47. The molecular formula is C14H16BrF4N. The molecule has 1 aromatic carbocycles. The molecule has 0 N–H and O–H groups in total. The molecule has 0 saturated carbocycles. The van der Waals surface area contributed by atoms with E-state index < -0.39 is 12.1 Å². The van der Waals surface area contributed by atoms with Crippen LogP contribution in [0.5, 0.6) is 0 Å². The van der Waals surface area contributed by atoms with Gasteiger partial charge in [-0.25, -0.2) is 4.39 Å². The molecule has 0 spiro atoms. The van der Waals surface area contributed by atoms with E-state index in [9.17, 15) is 17.6 Å². The number of hydrogen-bond acceptors (Lipinski definition) is 1. The fourth-order valence-corrected chi connectivity index (χ4v) is 3.05. The van der Waals surface area contributed by atoms with E-state index in [1.165, 1.54) is 6.07 Å². The average molecular weight is 354 g/mol. The van der Waals surface area contributed by atoms with Crippen LogP contribution in [0.3, 0.4) is 0 Å². The molecule has 0 aromatic heterocycles. The van der Waals surface area contributed by atoms with Gasteiger partial charge >= 0.3 is 6.18 Å². The van der Waals surface area contributed by atoms with Crippen LogP contribution in [0.15, 0.2) is 16.6 Å². The summed E-state index contributed by atoms with van der Waals surface area (Å²) in [5.41, 5.74) is 1.33. The highest BCUT2D eigenvalue weighted by Crippen LogP contribution is 2.34. The Kier molecular flexibility index (Phi) is 4.74. The van der Waals surface area contributed by atoms with Crippen LogP contribution >= 0.6 is 15.9 Å². The lowest BCUT2D eigenvalue weighted by molar-refractivity contribution is -0.185. The molecule has 0 bridgehead atoms. The molecule has 1 aromatic rings. The van der Waals surface area contributed by atoms with E-state index >= 15 is 0 Å². The van der Waals surface area contributed by atoms with Gasteiger partial charge in [-0.15, -0.1) is 0 Å². The van der Waals surface area contributed by atoms with Gasteiger partial charge in [0.05, 0.1) is 5.92 Å². The molecule has 1 heterocycles. The second kappa shape index (κ2) is 6.02. The summed E-state index contributed by atoms with van der Waals surface area (Å²) in [6, 6.07) is 3.16. The van der Waals surface area contributed by atoms with Gasteiger partial charge in [0.25, 0.3) is 0 Å². The van der Waals surface area contributed by atoms with E-state index in [2.05, 4.69) is 15.9 Å². The number of likely N-dealkylation sites (tertiary alicyclic amines) is 1. The molecule has 6 heteroatoms. The minimum atomic E-state index is -4.09. The van der Waals surface area contributed by atoms with Crippen molar-refractivity contribution in [3.63, 3.8) is 0 Å². The highest BCUT2D eigenvalue weighted by atomic mass is 79.9. The van der Waals surface area contributed by atoms with Gasteiger partial charge < -0.3 is 0 Å². The van der Waals surface area contributed by atoms with Gasteiger partial charge in [0.1, 0.15) is 5.82 Å². The molecule has 1 aliphatic heterocycles. The minimum absolute atomic E-state index is 0.120. The highest BCUT2D eigenvalue weighted by Gasteiger charge is 2.40. The maximum Gasteiger partial charge on any atom is 0.391 e. The first-order valence-electron chi connectivity index (χ1n) is 6.51. The Morgan fingerprint density at radius 3 is 2.40 bits per heavy atom. The van der Waals surface area contributed by atoms with Crippen LogP contribution in [-0.4, -0.2) is 24.2 Å². The van der Waals surface area contributed by atoms with Crippen molar-refractivity contribution in [1.82, 2.24) is 4.90 Å². The number of aryl methyl sites for hydroxylation is 1. The fraction of sp³-hybridized carbons (Fsp3) is 0.571. The summed E-state index contributed by atoms with van der Waals surface area (Å²) in [4.78, 5) is 1.94. The van der Waals surface area contributed by atoms with E-state index in [-0.39, 0.29) is 18.7 Å². The first-order chi connectivity index (χ1) is 9.27. The Labute approximate surface area is 124 Å². The molecular weight excluding hydrogens is 338 g/mol. The third-order valence-corrected chi connectivity index (χ3v) is 4.51. The van der Waals surface area contributed by atoms with Gasteiger partial charge in [-0.05, 0) is 56.1 Å². The molecule has 20 heavy (non-hydrogen) atoms. The Balaban J connectivity index is 1.98. The van der Waals surface area contributed by atoms with Crippen molar-refractivity contribution in [3.05, 3.63) is 33.5 Å². The van der Waals surface area contributed by atoms with E-state index in [1.54, 1.807) is 13.0 Å². The summed E-state index contributed by atoms with van der Waals surface area (Å²) in [7, 11) is 0. The van der Waals surface area contributed by atoms with Crippen molar-refractivity contribution in [2.75, 3.05) is 13.1 Å². The second-order valence-electron chi connectivity index (χ2n) is 5.28. The van der Waals surface area contributed by atoms with E-state index in [4.69, 9.17) is 0 Å². The molecule has 0 amide bonds. The van der Waals surface area contributed by atoms with Crippen molar-refractivity contribution < 1.29 is 17.6 Å². The highest BCUT2D eigenvalue weighted by molar-refractivity contribution is 9.10. The SMILES string of the molecule is Cc1cc(Br)c(CN2CCC(C(F)(F)F)CC2)cc1F. The monoisotopic (exact) mass is 353 g/mol. The second-order valence-corrected chi connectivity index (χ2v) is 6.14. The van der Waals surface area contributed by atoms with Gasteiger partial charge in [-0.1, -0.05) is 15.9 Å². The zero-order valence-corrected chi connectivity index (χ0v) is 12.7. The van der Waals surface area contributed by atoms with Crippen LogP contribution in [0, 0.1) is 18.7 Å². The summed E-state index contributed by atoms with van der Waals surface area (Å²) in [5.74, 6) is -1.48. The Morgan fingerprint density at radius 2 is 1.85 bits per heavy atom. The maximum atomic E-state index is 13.5. The Hall–Kier alpha value is -0.620. The average Bonchev–Trinajstić information content (AvgIpc) is 2.35. The van der Waals surface area contributed by atoms with Crippen molar-refractivity contribution in [3.8, 4) is 0 Å². The molecule has 0 aliphatic carbocycles. The summed E-state index contributed by atoms with van der Waals surface area (Å²) in [6.45, 7) is 2.94. The maximum absolute atomic E-state index is 13.5. The topological polar surface area (TPSA) is 3.24 Å². The molecule has 0 radical (unpaired) electrons. The van der Waals surface area contributed by atoms with E-state index in [1.807, 2.05) is 4.90 Å². The van der Waals surface area contributed by atoms with Gasteiger partial charge in [-0.3, -0.25) is 4.90 Å². The first kappa shape index (κ1) is 15.8. The lowest BCUT2D eigenvalue weighted by atomic mass is 9.96. The van der Waals surface area contributed by atoms with Crippen LogP contribution in [0.4, 0.5) is 17.6 Å². The van der Waals surface area contributed by atoms with Crippen LogP contribution in [0.1, 0.15) is 24.0 Å². The number of hydrogen-bond donors (Lipinski definition) is 0. The molecule has 1 nitrogen and oxygen atoms in total. The smallest absolute Gasteiger partial charge is 0.299 e. The van der Waals surface area contributed by atoms with Crippen LogP contribution in [0.25, 0.3) is 0 Å². The molecule has 1 saturated heterocycles. The quantitative estimate of drug-likeness (QED) is 0.698. The van der Waals surface area contributed by atoms with E-state index in [0.717, 1.165) is 10.0 Å². The van der Waals surface area contributed by atoms with E-state index in [0.29, 0.717) is 25.2 Å². The molecule has 1 aliphatic rings. The third kappa shape index (κ3) is 3.73. The molecule has 2 rings (SSSR count). The Bertz CT molecular complexity index is 479. The van der Waals surface area contributed by atoms with Crippen LogP contribution in [-0.2, 0) is 6.54 Å². The summed E-state index contributed by atoms with van der Waals surface area (Å²) < 4.78 is 52.1. The number of nitrogens with zero attached hydrogens (tertiary/aromatic N) is 1. The van der Waals surface area contributed by atoms with Crippen molar-refractivity contribution in [2.45, 2.75) is 32.5 Å². The third-order valence-electron chi connectivity index (χ3n) is 3.77. The largest absolute Gasteiger partial charge is 0.391 e. The van der Waals surface area contributed by atoms with Gasteiger partial charge in [-0.2, -0.15) is 13.2 Å². The Morgan fingerprint density at radius 1 is 1.25 bits per heavy atom. The summed E-state index contributed by atoms with van der Waals surface area (Å²) >= 11 is 3.38. The molecule has 0 atom stereocenters. The number of rotatable bonds is 2. The van der Waals surface area contributed by atoms with Crippen LogP contribution < -0.4 is 0 Å². The molecule has 1 fully saturated rings. The number of benzene rings is 1. The number of halogens is 5. The zero-order valence-electron chi connectivity index (χ0n) is 11.1. The van der Waals surface area contributed by atoms with Gasteiger partial charge in [0.2, 0.25) is 0 Å². The summed E-state index contributed by atoms with van der Waals surface area (Å²) in [5, 5.41) is 0. The lowest BCUT2D eigenvalue weighted by Gasteiger charge is -2.33. The standard InChI is InChI=1S/C14H16BrF4N/c1-9-6-12(15)10(7-13(9)16)8-20-4-2-11(3-5-20)14(17,18)19/h6-7,11H,2-5,8H2,1H3. The number of alkyl halides is 3. The van der Waals surface area contributed by atoms with Crippen LogP contribution in [0.2, 0.25) is 0 Å². The van der Waals surface area contributed by atoms with Gasteiger partial charge in [0, 0.05) is 11.0 Å². The van der Waals surface area contributed by atoms with Crippen molar-refractivity contribution in [1.29, 1.82) is 0 Å². The van der Waals surface area contributed by atoms with Crippen molar-refractivity contribution in [2.24, 2.45) is 5.92 Å². The zero-order chi connectivity index (χ0) is 14.9. The van der Waals surface area contributed by atoms with Crippen molar-refractivity contribution >= 4 is 15.9 Å². The predicted molar refractivity (Wildman–Crippen MR) is 72.9 cm³/mol. The molecule has 112 valence electrons. The molecule has 0 unspecified atom stereocenters. The summed E-state index contributed by atoms with van der Waals surface area (Å²) in [6.07, 6.45) is -3.85. The number of piperidine rings is 1. The predicted octanol–water partition coefficient (Wildman–Crippen LogP) is 4.67. The first-order valence-corrected chi connectivity index (χ1v) is 7.30.